The van der Waals surface area contributed by atoms with E-state index in [9.17, 15) is 5.11 Å². The SMILES string of the molecule is CC1(C)C2C=C[C@@H]3[C@@]4([C@H](CO)CC[C@@H]14)[C@]23C. The second kappa shape index (κ2) is 2.29. The van der Waals surface area contributed by atoms with E-state index in [0.717, 1.165) is 17.8 Å². The summed E-state index contributed by atoms with van der Waals surface area (Å²) in [6.07, 6.45) is 7.59. The molecule has 0 aliphatic heterocycles. The molecule has 0 heterocycles. The van der Waals surface area contributed by atoms with Gasteiger partial charge in [0.25, 0.3) is 0 Å². The summed E-state index contributed by atoms with van der Waals surface area (Å²) in [5.41, 5.74) is 1.46. The average Bonchev–Trinajstić information content (AvgIpc) is 2.57. The Morgan fingerprint density at radius 2 is 1.81 bits per heavy atom. The molecular formula is C15H22O. The Morgan fingerprint density at radius 3 is 2.50 bits per heavy atom. The molecule has 6 atom stereocenters. The van der Waals surface area contributed by atoms with Crippen LogP contribution in [0, 0.1) is 39.9 Å². The van der Waals surface area contributed by atoms with Crippen molar-refractivity contribution in [3.05, 3.63) is 12.2 Å². The zero-order chi connectivity index (χ0) is 11.3. The monoisotopic (exact) mass is 218 g/mol. The molecule has 1 spiro atoms. The van der Waals surface area contributed by atoms with Gasteiger partial charge in [-0.25, -0.2) is 0 Å². The normalized spacial score (nSPS) is 63.5. The molecule has 4 aliphatic carbocycles. The molecule has 3 fully saturated rings. The molecular weight excluding hydrogens is 196 g/mol. The zero-order valence-electron chi connectivity index (χ0n) is 10.5. The Bertz CT molecular complexity index is 396. The van der Waals surface area contributed by atoms with Crippen molar-refractivity contribution in [3.8, 4) is 0 Å². The highest BCUT2D eigenvalue weighted by Crippen LogP contribution is 2.93. The van der Waals surface area contributed by atoms with E-state index >= 15 is 0 Å². The van der Waals surface area contributed by atoms with E-state index in [1.807, 2.05) is 0 Å². The lowest BCUT2D eigenvalue weighted by atomic mass is 9.69. The highest BCUT2D eigenvalue weighted by Gasteiger charge is 2.89. The lowest BCUT2D eigenvalue weighted by molar-refractivity contribution is 0.120. The second-order valence-electron chi connectivity index (χ2n) is 7.39. The second-order valence-corrected chi connectivity index (χ2v) is 7.39. The summed E-state index contributed by atoms with van der Waals surface area (Å²) in [6, 6.07) is 0. The number of allylic oxidation sites excluding steroid dienone is 2. The molecule has 16 heavy (non-hydrogen) atoms. The Kier molecular flexibility index (Phi) is 1.39. The number of aliphatic hydroxyl groups is 1. The van der Waals surface area contributed by atoms with Crippen LogP contribution in [-0.4, -0.2) is 11.7 Å². The van der Waals surface area contributed by atoms with Crippen molar-refractivity contribution >= 4 is 0 Å². The Balaban J connectivity index is 1.92. The third-order valence-electron chi connectivity index (χ3n) is 7.13. The van der Waals surface area contributed by atoms with Crippen LogP contribution in [0.5, 0.6) is 0 Å². The molecule has 0 radical (unpaired) electrons. The van der Waals surface area contributed by atoms with Gasteiger partial charge in [0, 0.05) is 6.61 Å². The van der Waals surface area contributed by atoms with Crippen LogP contribution in [0.2, 0.25) is 0 Å². The minimum Gasteiger partial charge on any atom is -0.396 e. The van der Waals surface area contributed by atoms with E-state index in [1.165, 1.54) is 12.8 Å². The van der Waals surface area contributed by atoms with Gasteiger partial charge >= 0.3 is 0 Å². The molecule has 0 aromatic carbocycles. The van der Waals surface area contributed by atoms with E-state index in [2.05, 4.69) is 32.9 Å². The predicted octanol–water partition coefficient (Wildman–Crippen LogP) is 2.85. The molecule has 3 saturated carbocycles. The minimum atomic E-state index is 0.416. The van der Waals surface area contributed by atoms with Gasteiger partial charge in [0.15, 0.2) is 0 Å². The molecule has 0 aromatic rings. The summed E-state index contributed by atoms with van der Waals surface area (Å²) in [5.74, 6) is 3.00. The average molecular weight is 218 g/mol. The quantitative estimate of drug-likeness (QED) is 0.671. The van der Waals surface area contributed by atoms with Crippen molar-refractivity contribution < 1.29 is 5.11 Å². The van der Waals surface area contributed by atoms with Gasteiger partial charge in [0.2, 0.25) is 0 Å². The Morgan fingerprint density at radius 1 is 1.12 bits per heavy atom. The fourth-order valence-electron chi connectivity index (χ4n) is 6.86. The largest absolute Gasteiger partial charge is 0.396 e. The van der Waals surface area contributed by atoms with Crippen LogP contribution in [0.15, 0.2) is 12.2 Å². The van der Waals surface area contributed by atoms with Crippen molar-refractivity contribution in [2.45, 2.75) is 33.6 Å². The van der Waals surface area contributed by atoms with Gasteiger partial charge in [-0.05, 0) is 52.8 Å². The lowest BCUT2D eigenvalue weighted by Crippen LogP contribution is -2.30. The highest BCUT2D eigenvalue weighted by atomic mass is 16.3. The molecule has 0 saturated heterocycles. The first kappa shape index (κ1) is 9.70. The zero-order valence-corrected chi connectivity index (χ0v) is 10.5. The van der Waals surface area contributed by atoms with Crippen molar-refractivity contribution in [1.29, 1.82) is 0 Å². The van der Waals surface area contributed by atoms with Crippen molar-refractivity contribution in [2.24, 2.45) is 39.9 Å². The topological polar surface area (TPSA) is 20.2 Å². The third kappa shape index (κ3) is 0.600. The summed E-state index contributed by atoms with van der Waals surface area (Å²) in [7, 11) is 0. The van der Waals surface area contributed by atoms with Crippen LogP contribution in [0.3, 0.4) is 0 Å². The van der Waals surface area contributed by atoms with Crippen LogP contribution in [-0.2, 0) is 0 Å². The van der Waals surface area contributed by atoms with Crippen molar-refractivity contribution in [2.75, 3.05) is 6.61 Å². The Labute approximate surface area is 97.9 Å². The minimum absolute atomic E-state index is 0.416. The van der Waals surface area contributed by atoms with Gasteiger partial charge in [-0.2, -0.15) is 0 Å². The van der Waals surface area contributed by atoms with Gasteiger partial charge in [-0.15, -0.1) is 0 Å². The fourth-order valence-corrected chi connectivity index (χ4v) is 6.86. The highest BCUT2D eigenvalue weighted by molar-refractivity contribution is 5.45. The summed E-state index contributed by atoms with van der Waals surface area (Å²) < 4.78 is 0. The van der Waals surface area contributed by atoms with Gasteiger partial charge in [-0.1, -0.05) is 32.9 Å². The van der Waals surface area contributed by atoms with Crippen molar-refractivity contribution in [3.63, 3.8) is 0 Å². The van der Waals surface area contributed by atoms with Crippen LogP contribution in [0.25, 0.3) is 0 Å². The summed E-state index contributed by atoms with van der Waals surface area (Å²) in [5, 5.41) is 9.69. The van der Waals surface area contributed by atoms with Gasteiger partial charge < -0.3 is 5.11 Å². The number of rotatable bonds is 1. The predicted molar refractivity (Wildman–Crippen MR) is 63.7 cm³/mol. The number of hydrogen-bond acceptors (Lipinski definition) is 1. The van der Waals surface area contributed by atoms with Gasteiger partial charge in [0.05, 0.1) is 0 Å². The van der Waals surface area contributed by atoms with E-state index in [1.54, 1.807) is 0 Å². The molecule has 0 bridgehead atoms. The van der Waals surface area contributed by atoms with Crippen LogP contribution in [0.1, 0.15) is 33.6 Å². The smallest absolute Gasteiger partial charge is 0.0465 e. The number of aliphatic hydroxyl groups excluding tert-OH is 1. The first-order valence-corrected chi connectivity index (χ1v) is 6.81. The molecule has 4 aliphatic rings. The van der Waals surface area contributed by atoms with E-state index in [-0.39, 0.29) is 0 Å². The van der Waals surface area contributed by atoms with E-state index in [4.69, 9.17) is 0 Å². The molecule has 1 N–H and O–H groups in total. The summed E-state index contributed by atoms with van der Waals surface area (Å²) in [6.45, 7) is 7.85. The molecule has 1 unspecified atom stereocenters. The number of hydrogen-bond donors (Lipinski definition) is 1. The molecule has 4 rings (SSSR count). The fraction of sp³-hybridized carbons (Fsp3) is 0.867. The molecule has 0 aromatic heterocycles. The Hall–Kier alpha value is -0.300. The molecule has 88 valence electrons. The van der Waals surface area contributed by atoms with Crippen LogP contribution in [0.4, 0.5) is 0 Å². The third-order valence-corrected chi connectivity index (χ3v) is 7.13. The van der Waals surface area contributed by atoms with Crippen LogP contribution < -0.4 is 0 Å². The first-order valence-electron chi connectivity index (χ1n) is 6.81. The van der Waals surface area contributed by atoms with Gasteiger partial charge in [-0.3, -0.25) is 0 Å². The van der Waals surface area contributed by atoms with E-state index in [0.29, 0.717) is 28.8 Å². The van der Waals surface area contributed by atoms with Crippen LogP contribution >= 0.6 is 0 Å². The summed E-state index contributed by atoms with van der Waals surface area (Å²) >= 11 is 0. The lowest BCUT2D eigenvalue weighted by Gasteiger charge is -2.35. The standard InChI is InChI=1S/C15H22O/c1-13(2)10-6-7-12-14(10,3)15(12)9(8-16)4-5-11(13)15/h6-7,9-12,16H,4-5,8H2,1-3H3/t9-,10?,11-,12-,14+,15-/m0/s1. The maximum Gasteiger partial charge on any atom is 0.0465 e. The summed E-state index contributed by atoms with van der Waals surface area (Å²) in [4.78, 5) is 0. The maximum atomic E-state index is 9.69. The maximum absolute atomic E-state index is 9.69. The van der Waals surface area contributed by atoms with Gasteiger partial charge in [0.1, 0.15) is 0 Å². The van der Waals surface area contributed by atoms with Crippen molar-refractivity contribution in [1.82, 2.24) is 0 Å². The molecule has 1 nitrogen and oxygen atoms in total. The van der Waals surface area contributed by atoms with E-state index < -0.39 is 0 Å². The molecule has 0 amide bonds. The first-order chi connectivity index (χ1) is 7.52. The molecule has 1 heteroatoms.